The number of hydrogen-bond donors (Lipinski definition) is 0. The molecule has 0 radical (unpaired) electrons. The maximum atomic E-state index is 12.4. The van der Waals surface area contributed by atoms with Gasteiger partial charge in [0.05, 0.1) is 12.0 Å². The summed E-state index contributed by atoms with van der Waals surface area (Å²) in [6.07, 6.45) is 6.04. The molecule has 0 unspecified atom stereocenters. The maximum absolute atomic E-state index is 12.4. The van der Waals surface area contributed by atoms with Gasteiger partial charge in [-0.3, -0.25) is 0 Å². The lowest BCUT2D eigenvalue weighted by atomic mass is 9.90. The van der Waals surface area contributed by atoms with E-state index in [-0.39, 0.29) is 12.0 Å². The van der Waals surface area contributed by atoms with Crippen molar-refractivity contribution >= 4 is 17.2 Å². The van der Waals surface area contributed by atoms with Crippen LogP contribution in [0.4, 0.5) is 4.79 Å². The van der Waals surface area contributed by atoms with Crippen molar-refractivity contribution in [3.05, 3.63) is 48.7 Å². The molecule has 5 rings (SSSR count). The highest BCUT2D eigenvalue weighted by atomic mass is 16.6. The second-order valence-corrected chi connectivity index (χ2v) is 9.14. The molecule has 11 nitrogen and oxygen atoms in total. The lowest BCUT2D eigenvalue weighted by molar-refractivity contribution is 0.0205. The molecule has 0 bridgehead atoms. The van der Waals surface area contributed by atoms with Gasteiger partial charge in [-0.1, -0.05) is 0 Å². The van der Waals surface area contributed by atoms with Gasteiger partial charge in [0, 0.05) is 18.7 Å². The molecule has 4 heterocycles. The van der Waals surface area contributed by atoms with Gasteiger partial charge in [-0.25, -0.2) is 14.5 Å². The first-order valence-corrected chi connectivity index (χ1v) is 11.1. The van der Waals surface area contributed by atoms with Gasteiger partial charge in [-0.15, -0.1) is 5.10 Å². The lowest BCUT2D eigenvalue weighted by Gasteiger charge is -2.33. The zero-order valence-corrected chi connectivity index (χ0v) is 19.2. The molecule has 3 aromatic heterocycles. The number of hydrogen-bond acceptors (Lipinski definition) is 9. The highest BCUT2D eigenvalue weighted by Crippen LogP contribution is 2.37. The maximum Gasteiger partial charge on any atom is 0.410 e. The van der Waals surface area contributed by atoms with E-state index in [0.29, 0.717) is 30.3 Å². The molecule has 4 aromatic rings. The van der Waals surface area contributed by atoms with E-state index in [1.807, 2.05) is 32.9 Å². The van der Waals surface area contributed by atoms with E-state index < -0.39 is 5.60 Å². The van der Waals surface area contributed by atoms with Gasteiger partial charge in [0.15, 0.2) is 0 Å². The third-order valence-electron chi connectivity index (χ3n) is 5.60. The summed E-state index contributed by atoms with van der Waals surface area (Å²) in [7, 11) is 0. The number of carbonyl (C=O) groups excluding carboxylic acids is 1. The molecule has 0 aliphatic carbocycles. The first kappa shape index (κ1) is 21.8. The zero-order chi connectivity index (χ0) is 23.7. The molecular weight excluding hydrogens is 438 g/mol. The molecule has 34 heavy (non-hydrogen) atoms. The van der Waals surface area contributed by atoms with Crippen LogP contribution < -0.4 is 4.74 Å². The first-order valence-electron chi connectivity index (χ1n) is 11.1. The number of amides is 1. The van der Waals surface area contributed by atoms with Gasteiger partial charge in [-0.05, 0) is 74.2 Å². The van der Waals surface area contributed by atoms with Crippen LogP contribution in [0.5, 0.6) is 11.6 Å². The Balaban J connectivity index is 1.29. The van der Waals surface area contributed by atoms with Crippen molar-refractivity contribution in [3.63, 3.8) is 0 Å². The molecule has 1 fully saturated rings. The van der Waals surface area contributed by atoms with Crippen LogP contribution in [0.15, 0.2) is 47.6 Å². The zero-order valence-electron chi connectivity index (χ0n) is 19.2. The SMILES string of the molecule is CC(C)(C)OC(=O)N1CCC(c2coc3c(Oc4ccc(-n5cnnn5)cc4)ncnc23)CC1. The summed E-state index contributed by atoms with van der Waals surface area (Å²) in [6, 6.07) is 7.30. The molecule has 0 N–H and O–H groups in total. The van der Waals surface area contributed by atoms with Crippen molar-refractivity contribution in [1.29, 1.82) is 0 Å². The van der Waals surface area contributed by atoms with Gasteiger partial charge in [0.1, 0.15) is 29.5 Å². The van der Waals surface area contributed by atoms with E-state index in [4.69, 9.17) is 13.9 Å². The van der Waals surface area contributed by atoms with Crippen molar-refractivity contribution in [1.82, 2.24) is 35.1 Å². The number of tetrazole rings is 1. The fourth-order valence-corrected chi connectivity index (χ4v) is 3.97. The minimum Gasteiger partial charge on any atom is -0.457 e. The monoisotopic (exact) mass is 463 g/mol. The van der Waals surface area contributed by atoms with Crippen molar-refractivity contribution in [2.24, 2.45) is 0 Å². The number of likely N-dealkylation sites (tertiary alicyclic amines) is 1. The van der Waals surface area contributed by atoms with Crippen LogP contribution in [0.25, 0.3) is 16.8 Å². The van der Waals surface area contributed by atoms with Gasteiger partial charge >= 0.3 is 6.09 Å². The largest absolute Gasteiger partial charge is 0.457 e. The predicted molar refractivity (Wildman–Crippen MR) is 121 cm³/mol. The summed E-state index contributed by atoms with van der Waals surface area (Å²) in [5.74, 6) is 1.16. The fourth-order valence-electron chi connectivity index (χ4n) is 3.97. The fraction of sp³-hybridized carbons (Fsp3) is 0.391. The summed E-state index contributed by atoms with van der Waals surface area (Å²) in [4.78, 5) is 22.8. The van der Waals surface area contributed by atoms with Crippen LogP contribution in [-0.4, -0.2) is 59.9 Å². The molecular formula is C23H25N7O4. The quantitative estimate of drug-likeness (QED) is 0.440. The number of rotatable bonds is 4. The summed E-state index contributed by atoms with van der Waals surface area (Å²) in [6.45, 7) is 6.86. The Labute approximate surface area is 195 Å². The van der Waals surface area contributed by atoms with Crippen LogP contribution in [0.2, 0.25) is 0 Å². The third kappa shape index (κ3) is 4.54. The molecule has 1 aliphatic heterocycles. The topological polar surface area (TPSA) is 121 Å². The summed E-state index contributed by atoms with van der Waals surface area (Å²) >= 11 is 0. The minimum atomic E-state index is -0.504. The molecule has 0 saturated carbocycles. The van der Waals surface area contributed by atoms with E-state index in [1.54, 1.807) is 28.0 Å². The normalized spacial score (nSPS) is 15.0. The van der Waals surface area contributed by atoms with E-state index in [9.17, 15) is 4.79 Å². The molecule has 176 valence electrons. The Morgan fingerprint density at radius 2 is 1.88 bits per heavy atom. The average Bonchev–Trinajstić information content (AvgIpc) is 3.50. The molecule has 11 heteroatoms. The van der Waals surface area contributed by atoms with E-state index in [1.165, 1.54) is 12.7 Å². The Morgan fingerprint density at radius 1 is 1.12 bits per heavy atom. The van der Waals surface area contributed by atoms with E-state index in [0.717, 1.165) is 29.6 Å². The molecule has 1 amide bonds. The number of aromatic nitrogens is 6. The number of piperidine rings is 1. The summed E-state index contributed by atoms with van der Waals surface area (Å²) in [5.41, 5.74) is 2.53. The van der Waals surface area contributed by atoms with E-state index >= 15 is 0 Å². The summed E-state index contributed by atoms with van der Waals surface area (Å²) in [5, 5.41) is 11.1. The standard InChI is InChI=1S/C23H25N7O4/c1-23(2,3)34-22(31)29-10-8-15(9-11-29)18-12-32-20-19(18)24-13-25-21(20)33-17-6-4-16(5-7-17)30-14-26-27-28-30/h4-7,12-15H,8-11H2,1-3H3. The van der Waals surface area contributed by atoms with Crippen LogP contribution in [0, 0.1) is 0 Å². The second kappa shape index (κ2) is 8.73. The smallest absolute Gasteiger partial charge is 0.410 e. The number of carbonyl (C=O) groups is 1. The highest BCUT2D eigenvalue weighted by molar-refractivity contribution is 5.81. The van der Waals surface area contributed by atoms with Gasteiger partial charge in [0.25, 0.3) is 5.88 Å². The van der Waals surface area contributed by atoms with Crippen LogP contribution >= 0.6 is 0 Å². The molecule has 1 aliphatic rings. The molecule has 1 saturated heterocycles. The Kier molecular flexibility index (Phi) is 5.60. The number of ether oxygens (including phenoxy) is 2. The van der Waals surface area contributed by atoms with Crippen LogP contribution in [0.1, 0.15) is 45.1 Å². The van der Waals surface area contributed by atoms with Gasteiger partial charge in [0.2, 0.25) is 5.58 Å². The Bertz CT molecular complexity index is 1270. The second-order valence-electron chi connectivity index (χ2n) is 9.14. The van der Waals surface area contributed by atoms with Crippen LogP contribution in [0.3, 0.4) is 0 Å². The van der Waals surface area contributed by atoms with Crippen molar-refractivity contribution < 1.29 is 18.7 Å². The predicted octanol–water partition coefficient (Wildman–Crippen LogP) is 4.11. The van der Waals surface area contributed by atoms with Crippen molar-refractivity contribution in [3.8, 4) is 17.3 Å². The average molecular weight is 463 g/mol. The summed E-state index contributed by atoms with van der Waals surface area (Å²) < 4.78 is 18.9. The lowest BCUT2D eigenvalue weighted by Crippen LogP contribution is -2.41. The van der Waals surface area contributed by atoms with E-state index in [2.05, 4.69) is 25.5 Å². The minimum absolute atomic E-state index is 0.221. The molecule has 0 atom stereocenters. The number of furan rings is 1. The first-order chi connectivity index (χ1) is 16.4. The molecule has 0 spiro atoms. The number of benzene rings is 1. The number of nitrogens with zero attached hydrogens (tertiary/aromatic N) is 7. The van der Waals surface area contributed by atoms with Gasteiger partial charge < -0.3 is 18.8 Å². The van der Waals surface area contributed by atoms with Crippen LogP contribution in [-0.2, 0) is 4.74 Å². The number of fused-ring (bicyclic) bond motifs is 1. The molecule has 1 aromatic carbocycles. The Hall–Kier alpha value is -4.02. The highest BCUT2D eigenvalue weighted by Gasteiger charge is 2.29. The third-order valence-corrected chi connectivity index (χ3v) is 5.60. The van der Waals surface area contributed by atoms with Gasteiger partial charge in [-0.2, -0.15) is 4.98 Å². The van der Waals surface area contributed by atoms with Crippen molar-refractivity contribution in [2.75, 3.05) is 13.1 Å². The van der Waals surface area contributed by atoms with Crippen molar-refractivity contribution in [2.45, 2.75) is 45.1 Å². The Morgan fingerprint density at radius 3 is 2.56 bits per heavy atom.